The van der Waals surface area contributed by atoms with Crippen molar-refractivity contribution in [3.63, 3.8) is 0 Å². The van der Waals surface area contributed by atoms with Gasteiger partial charge in [0.2, 0.25) is 0 Å². The summed E-state index contributed by atoms with van der Waals surface area (Å²) in [5, 5.41) is 3.75. The molecular weight excluding hydrogens is 275 g/mol. The predicted molar refractivity (Wildman–Crippen MR) is 82.6 cm³/mol. The molecule has 0 spiro atoms. The van der Waals surface area contributed by atoms with E-state index in [0.717, 1.165) is 25.4 Å². The van der Waals surface area contributed by atoms with Gasteiger partial charge in [-0.05, 0) is 63.5 Å². The molecule has 1 fully saturated rings. The highest BCUT2D eigenvalue weighted by molar-refractivity contribution is 6.30. The van der Waals surface area contributed by atoms with Crippen LogP contribution in [0.5, 0.6) is 0 Å². The Kier molecular flexibility index (Phi) is 6.27. The first-order chi connectivity index (χ1) is 9.65. The largest absolute Gasteiger partial charge is 0.313 e. The lowest BCUT2D eigenvalue weighted by Gasteiger charge is -2.30. The minimum atomic E-state index is -0.227. The Morgan fingerprint density at radius 1 is 1.35 bits per heavy atom. The third-order valence-corrected chi connectivity index (χ3v) is 4.27. The monoisotopic (exact) mass is 298 g/mol. The highest BCUT2D eigenvalue weighted by atomic mass is 35.5. The van der Waals surface area contributed by atoms with Gasteiger partial charge >= 0.3 is 0 Å². The van der Waals surface area contributed by atoms with Crippen LogP contribution in [-0.4, -0.2) is 31.1 Å². The lowest BCUT2D eigenvalue weighted by molar-refractivity contribution is 0.190. The predicted octanol–water partition coefficient (Wildman–Crippen LogP) is 3.69. The fraction of sp³-hybridized carbons (Fsp3) is 0.625. The van der Waals surface area contributed by atoms with Gasteiger partial charge in [0, 0.05) is 17.1 Å². The molecular formula is C16H24ClFN2. The van der Waals surface area contributed by atoms with Gasteiger partial charge in [0.05, 0.1) is 0 Å². The molecule has 1 aliphatic heterocycles. The molecule has 1 N–H and O–H groups in total. The molecule has 0 amide bonds. The molecule has 0 bridgehead atoms. The maximum Gasteiger partial charge on any atom is 0.129 e. The van der Waals surface area contributed by atoms with E-state index < -0.39 is 0 Å². The Morgan fingerprint density at radius 2 is 2.10 bits per heavy atom. The highest BCUT2D eigenvalue weighted by Crippen LogP contribution is 2.16. The van der Waals surface area contributed by atoms with Gasteiger partial charge in [-0.2, -0.15) is 0 Å². The summed E-state index contributed by atoms with van der Waals surface area (Å²) in [5.74, 6) is 0.660. The summed E-state index contributed by atoms with van der Waals surface area (Å²) in [6.45, 7) is 7.43. The molecule has 0 unspecified atom stereocenters. The summed E-state index contributed by atoms with van der Waals surface area (Å²) >= 11 is 5.73. The van der Waals surface area contributed by atoms with E-state index in [0.29, 0.717) is 17.1 Å². The highest BCUT2D eigenvalue weighted by Gasteiger charge is 2.14. The molecule has 1 aromatic carbocycles. The minimum Gasteiger partial charge on any atom is -0.313 e. The van der Waals surface area contributed by atoms with Crippen molar-refractivity contribution in [3.8, 4) is 0 Å². The summed E-state index contributed by atoms with van der Waals surface area (Å²) in [6, 6.07) is 4.85. The third-order valence-electron chi connectivity index (χ3n) is 4.03. The topological polar surface area (TPSA) is 15.3 Å². The molecule has 0 saturated carbocycles. The molecule has 0 aliphatic carbocycles. The molecule has 112 valence electrons. The van der Waals surface area contributed by atoms with E-state index in [9.17, 15) is 4.39 Å². The van der Waals surface area contributed by atoms with Crippen molar-refractivity contribution in [2.24, 2.45) is 5.92 Å². The molecule has 1 aliphatic rings. The van der Waals surface area contributed by atoms with Crippen LogP contribution in [-0.2, 0) is 6.54 Å². The Morgan fingerprint density at radius 3 is 2.80 bits per heavy atom. The number of piperidine rings is 1. The summed E-state index contributed by atoms with van der Waals surface area (Å²) in [6.07, 6.45) is 3.76. The molecule has 20 heavy (non-hydrogen) atoms. The van der Waals surface area contributed by atoms with Crippen molar-refractivity contribution in [3.05, 3.63) is 34.6 Å². The Labute approximate surface area is 126 Å². The quantitative estimate of drug-likeness (QED) is 0.806. The summed E-state index contributed by atoms with van der Waals surface area (Å²) < 4.78 is 13.6. The third kappa shape index (κ3) is 5.04. The number of likely N-dealkylation sites (tertiary alicyclic amines) is 1. The van der Waals surface area contributed by atoms with E-state index in [2.05, 4.69) is 17.1 Å². The van der Waals surface area contributed by atoms with Gasteiger partial charge < -0.3 is 10.2 Å². The van der Waals surface area contributed by atoms with E-state index in [1.165, 1.54) is 32.0 Å². The molecule has 4 heteroatoms. The first kappa shape index (κ1) is 15.7. The van der Waals surface area contributed by atoms with Crippen molar-refractivity contribution < 1.29 is 4.39 Å². The Balaban J connectivity index is 1.59. The molecule has 0 aromatic heterocycles. The van der Waals surface area contributed by atoms with Crippen LogP contribution in [0.25, 0.3) is 0 Å². The molecule has 1 aromatic rings. The van der Waals surface area contributed by atoms with Gasteiger partial charge in [-0.1, -0.05) is 24.6 Å². The second kappa shape index (κ2) is 7.96. The average molecular weight is 299 g/mol. The van der Waals surface area contributed by atoms with E-state index >= 15 is 0 Å². The van der Waals surface area contributed by atoms with E-state index in [4.69, 9.17) is 11.6 Å². The van der Waals surface area contributed by atoms with Gasteiger partial charge in [0.25, 0.3) is 0 Å². The normalized spacial score (nSPS) is 17.6. The van der Waals surface area contributed by atoms with Gasteiger partial charge in [0.15, 0.2) is 0 Å². The molecule has 1 heterocycles. The van der Waals surface area contributed by atoms with E-state index in [1.807, 2.05) is 0 Å². The van der Waals surface area contributed by atoms with Crippen LogP contribution in [0.15, 0.2) is 18.2 Å². The molecule has 0 radical (unpaired) electrons. The molecule has 0 atom stereocenters. The van der Waals surface area contributed by atoms with Crippen LogP contribution in [0.3, 0.4) is 0 Å². The zero-order valence-electron chi connectivity index (χ0n) is 12.2. The van der Waals surface area contributed by atoms with Crippen molar-refractivity contribution in [2.75, 3.05) is 26.2 Å². The maximum absolute atomic E-state index is 13.6. The maximum atomic E-state index is 13.6. The summed E-state index contributed by atoms with van der Waals surface area (Å²) in [4.78, 5) is 2.53. The number of nitrogens with one attached hydrogen (secondary N) is 1. The van der Waals surface area contributed by atoms with Crippen molar-refractivity contribution in [2.45, 2.75) is 32.7 Å². The first-order valence-corrected chi connectivity index (χ1v) is 7.90. The van der Waals surface area contributed by atoms with Gasteiger partial charge in [-0.3, -0.25) is 0 Å². The van der Waals surface area contributed by atoms with Crippen LogP contribution in [0.4, 0.5) is 4.39 Å². The van der Waals surface area contributed by atoms with Crippen LogP contribution < -0.4 is 5.32 Å². The van der Waals surface area contributed by atoms with Gasteiger partial charge in [-0.15, -0.1) is 0 Å². The lowest BCUT2D eigenvalue weighted by atomic mass is 9.99. The summed E-state index contributed by atoms with van der Waals surface area (Å²) in [7, 11) is 0. The minimum absolute atomic E-state index is 0.227. The van der Waals surface area contributed by atoms with Crippen LogP contribution in [0, 0.1) is 11.7 Å². The SMILES string of the molecule is CC1CCN(CCCNCc2ccc(Cl)cc2F)CC1. The first-order valence-electron chi connectivity index (χ1n) is 7.52. The number of nitrogens with zero attached hydrogens (tertiary/aromatic N) is 1. The number of benzene rings is 1. The van der Waals surface area contributed by atoms with Crippen LogP contribution in [0.1, 0.15) is 31.7 Å². The van der Waals surface area contributed by atoms with Crippen molar-refractivity contribution in [1.82, 2.24) is 10.2 Å². The smallest absolute Gasteiger partial charge is 0.129 e. The van der Waals surface area contributed by atoms with Crippen LogP contribution in [0.2, 0.25) is 5.02 Å². The van der Waals surface area contributed by atoms with Crippen molar-refractivity contribution in [1.29, 1.82) is 0 Å². The Bertz CT molecular complexity index is 417. The zero-order chi connectivity index (χ0) is 14.4. The second-order valence-electron chi connectivity index (χ2n) is 5.79. The molecule has 1 saturated heterocycles. The van der Waals surface area contributed by atoms with E-state index in [1.54, 1.807) is 12.1 Å². The number of rotatable bonds is 6. The lowest BCUT2D eigenvalue weighted by Crippen LogP contribution is -2.34. The standard InChI is InChI=1S/C16H24ClFN2/c1-13-5-9-20(10-6-13)8-2-7-19-12-14-3-4-15(17)11-16(14)18/h3-4,11,13,19H,2,5-10,12H2,1H3. The zero-order valence-corrected chi connectivity index (χ0v) is 12.9. The number of hydrogen-bond donors (Lipinski definition) is 1. The molecule has 2 nitrogen and oxygen atoms in total. The average Bonchev–Trinajstić information content (AvgIpc) is 2.42. The number of halogens is 2. The number of hydrogen-bond acceptors (Lipinski definition) is 2. The fourth-order valence-corrected chi connectivity index (χ4v) is 2.76. The van der Waals surface area contributed by atoms with Crippen molar-refractivity contribution >= 4 is 11.6 Å². The Hall–Kier alpha value is -0.640. The van der Waals surface area contributed by atoms with Gasteiger partial charge in [0.1, 0.15) is 5.82 Å². The molecule has 2 rings (SSSR count). The van der Waals surface area contributed by atoms with E-state index in [-0.39, 0.29) is 5.82 Å². The fourth-order valence-electron chi connectivity index (χ4n) is 2.60. The van der Waals surface area contributed by atoms with Crippen LogP contribution >= 0.6 is 11.6 Å². The van der Waals surface area contributed by atoms with Gasteiger partial charge in [-0.25, -0.2) is 4.39 Å². The summed E-state index contributed by atoms with van der Waals surface area (Å²) in [5.41, 5.74) is 0.682. The second-order valence-corrected chi connectivity index (χ2v) is 6.23.